The fourth-order valence-electron chi connectivity index (χ4n) is 1.39. The number of anilines is 2. The van der Waals surface area contributed by atoms with Gasteiger partial charge >= 0.3 is 0 Å². The van der Waals surface area contributed by atoms with Gasteiger partial charge in [0.2, 0.25) is 0 Å². The molecule has 0 spiro atoms. The van der Waals surface area contributed by atoms with Gasteiger partial charge in [-0.2, -0.15) is 0 Å². The topological polar surface area (TPSA) is 80.9 Å². The predicted octanol–water partition coefficient (Wildman–Crippen LogP) is 1.76. The van der Waals surface area contributed by atoms with Crippen LogP contribution in [0.25, 0.3) is 0 Å². The van der Waals surface area contributed by atoms with E-state index in [1.54, 1.807) is 6.92 Å². The number of benzene rings is 1. The highest BCUT2D eigenvalue weighted by Gasteiger charge is 2.11. The van der Waals surface area contributed by atoms with Gasteiger partial charge in [-0.25, -0.2) is 14.4 Å². The molecule has 0 aliphatic rings. The fraction of sp³-hybridized carbons (Fsp3) is 0.0833. The normalized spacial score (nSPS) is 10.1. The summed E-state index contributed by atoms with van der Waals surface area (Å²) in [6.45, 7) is 1.68. The lowest BCUT2D eigenvalue weighted by molar-refractivity contribution is 0.102. The van der Waals surface area contributed by atoms with E-state index in [-0.39, 0.29) is 17.2 Å². The summed E-state index contributed by atoms with van der Waals surface area (Å²) in [7, 11) is 0. The summed E-state index contributed by atoms with van der Waals surface area (Å²) in [5.74, 6) is -0.196. The Kier molecular flexibility index (Phi) is 3.18. The average Bonchev–Trinajstić information content (AvgIpc) is 2.32. The third kappa shape index (κ3) is 2.60. The Morgan fingerprint density at radius 2 is 2.00 bits per heavy atom. The molecule has 0 bridgehead atoms. The maximum atomic E-state index is 12.7. The quantitative estimate of drug-likeness (QED) is 0.846. The first-order valence-corrected chi connectivity index (χ1v) is 5.22. The zero-order valence-electron chi connectivity index (χ0n) is 9.64. The molecule has 3 N–H and O–H groups in total. The Morgan fingerprint density at radius 1 is 1.33 bits per heavy atom. The van der Waals surface area contributed by atoms with E-state index in [0.717, 1.165) is 0 Å². The lowest BCUT2D eigenvalue weighted by Gasteiger charge is -2.06. The number of hydrogen-bond acceptors (Lipinski definition) is 4. The van der Waals surface area contributed by atoms with Gasteiger partial charge in [-0.3, -0.25) is 4.79 Å². The van der Waals surface area contributed by atoms with Crippen molar-refractivity contribution in [3.8, 4) is 0 Å². The van der Waals surface area contributed by atoms with E-state index in [4.69, 9.17) is 5.73 Å². The predicted molar refractivity (Wildman–Crippen MR) is 65.5 cm³/mol. The molecule has 18 heavy (non-hydrogen) atoms. The third-order valence-electron chi connectivity index (χ3n) is 2.29. The minimum Gasteiger partial charge on any atom is -0.383 e. The molecule has 0 atom stereocenters. The van der Waals surface area contributed by atoms with Gasteiger partial charge in [0.25, 0.3) is 5.91 Å². The van der Waals surface area contributed by atoms with E-state index in [0.29, 0.717) is 11.5 Å². The van der Waals surface area contributed by atoms with Crippen LogP contribution in [-0.2, 0) is 0 Å². The molecule has 1 aromatic carbocycles. The van der Waals surface area contributed by atoms with Crippen molar-refractivity contribution in [3.63, 3.8) is 0 Å². The van der Waals surface area contributed by atoms with Gasteiger partial charge < -0.3 is 11.1 Å². The van der Waals surface area contributed by atoms with Crippen LogP contribution in [0.5, 0.6) is 0 Å². The van der Waals surface area contributed by atoms with Crippen molar-refractivity contribution in [2.75, 3.05) is 11.1 Å². The summed E-state index contributed by atoms with van der Waals surface area (Å²) in [5, 5.41) is 2.58. The molecular weight excluding hydrogens is 235 g/mol. The first-order chi connectivity index (χ1) is 8.56. The molecule has 0 fully saturated rings. The van der Waals surface area contributed by atoms with Gasteiger partial charge in [0.15, 0.2) is 0 Å². The van der Waals surface area contributed by atoms with Crippen LogP contribution in [0.3, 0.4) is 0 Å². The van der Waals surface area contributed by atoms with Crippen LogP contribution in [0.4, 0.5) is 15.9 Å². The monoisotopic (exact) mass is 246 g/mol. The van der Waals surface area contributed by atoms with Crippen molar-refractivity contribution in [3.05, 3.63) is 47.7 Å². The van der Waals surface area contributed by atoms with Crippen LogP contribution >= 0.6 is 0 Å². The van der Waals surface area contributed by atoms with E-state index >= 15 is 0 Å². The van der Waals surface area contributed by atoms with Gasteiger partial charge in [-0.1, -0.05) is 0 Å². The molecule has 0 radical (unpaired) electrons. The molecule has 0 aliphatic heterocycles. The van der Waals surface area contributed by atoms with Gasteiger partial charge in [-0.15, -0.1) is 0 Å². The average molecular weight is 246 g/mol. The molecule has 0 unspecified atom stereocenters. The summed E-state index contributed by atoms with van der Waals surface area (Å²) >= 11 is 0. The molecule has 2 rings (SSSR count). The number of aryl methyl sites for hydroxylation is 1. The lowest BCUT2D eigenvalue weighted by Crippen LogP contribution is -2.15. The van der Waals surface area contributed by atoms with E-state index < -0.39 is 5.91 Å². The Morgan fingerprint density at radius 3 is 2.61 bits per heavy atom. The molecule has 5 nitrogen and oxygen atoms in total. The highest BCUT2D eigenvalue weighted by atomic mass is 19.1. The molecule has 6 heteroatoms. The van der Waals surface area contributed by atoms with Crippen molar-refractivity contribution in [2.24, 2.45) is 0 Å². The number of carbonyl (C=O) groups excluding carboxylic acids is 1. The van der Waals surface area contributed by atoms with E-state index in [1.165, 1.54) is 30.5 Å². The molecule has 1 amide bonds. The number of nitrogens with zero attached hydrogens (tertiary/aromatic N) is 2. The van der Waals surface area contributed by atoms with Crippen LogP contribution in [0.15, 0.2) is 30.5 Å². The smallest absolute Gasteiger partial charge is 0.260 e. The van der Waals surface area contributed by atoms with Gasteiger partial charge in [0, 0.05) is 11.9 Å². The van der Waals surface area contributed by atoms with Crippen molar-refractivity contribution in [1.29, 1.82) is 0 Å². The summed E-state index contributed by atoms with van der Waals surface area (Å²) in [4.78, 5) is 19.7. The summed E-state index contributed by atoms with van der Waals surface area (Å²) in [5.41, 5.74) is 6.29. The summed E-state index contributed by atoms with van der Waals surface area (Å²) in [6, 6.07) is 5.42. The third-order valence-corrected chi connectivity index (χ3v) is 2.29. The van der Waals surface area contributed by atoms with Crippen LogP contribution < -0.4 is 11.1 Å². The first-order valence-electron chi connectivity index (χ1n) is 5.22. The summed E-state index contributed by atoms with van der Waals surface area (Å²) in [6.07, 6.45) is 1.36. The van der Waals surface area contributed by atoms with Crippen LogP contribution in [0, 0.1) is 12.7 Å². The van der Waals surface area contributed by atoms with E-state index in [1.807, 2.05) is 0 Å². The number of carbonyl (C=O) groups is 1. The molecule has 92 valence electrons. The molecular formula is C12H11FN4O. The molecule has 0 aliphatic carbocycles. The second-order valence-electron chi connectivity index (χ2n) is 3.68. The Labute approximate surface area is 103 Å². The zero-order valence-corrected chi connectivity index (χ0v) is 9.64. The lowest BCUT2D eigenvalue weighted by atomic mass is 10.2. The number of hydrogen-bond donors (Lipinski definition) is 2. The van der Waals surface area contributed by atoms with Crippen LogP contribution in [-0.4, -0.2) is 15.9 Å². The fourth-order valence-corrected chi connectivity index (χ4v) is 1.39. The van der Waals surface area contributed by atoms with Crippen molar-refractivity contribution < 1.29 is 9.18 Å². The molecule has 2 aromatic rings. The van der Waals surface area contributed by atoms with E-state index in [2.05, 4.69) is 15.3 Å². The second kappa shape index (κ2) is 4.79. The largest absolute Gasteiger partial charge is 0.383 e. The number of amides is 1. The minimum absolute atomic E-state index is 0.113. The number of nitrogen functional groups attached to an aromatic ring is 1. The minimum atomic E-state index is -0.431. The maximum absolute atomic E-state index is 12.7. The number of aromatic nitrogens is 2. The Bertz CT molecular complexity index is 583. The van der Waals surface area contributed by atoms with Crippen LogP contribution in [0.1, 0.15) is 16.2 Å². The van der Waals surface area contributed by atoms with Crippen molar-refractivity contribution in [2.45, 2.75) is 6.92 Å². The Hall–Kier alpha value is -2.50. The Balaban J connectivity index is 2.19. The highest BCUT2D eigenvalue weighted by molar-refractivity contribution is 6.06. The van der Waals surface area contributed by atoms with Crippen molar-refractivity contribution in [1.82, 2.24) is 9.97 Å². The van der Waals surface area contributed by atoms with Gasteiger partial charge in [0.1, 0.15) is 23.0 Å². The number of nitrogens with two attached hydrogens (primary N) is 1. The first kappa shape index (κ1) is 12.0. The van der Waals surface area contributed by atoms with Crippen LogP contribution in [0.2, 0.25) is 0 Å². The molecule has 1 aromatic heterocycles. The number of rotatable bonds is 2. The molecule has 1 heterocycles. The summed E-state index contributed by atoms with van der Waals surface area (Å²) < 4.78 is 12.7. The second-order valence-corrected chi connectivity index (χ2v) is 3.68. The van der Waals surface area contributed by atoms with Gasteiger partial charge in [0.05, 0.1) is 0 Å². The van der Waals surface area contributed by atoms with E-state index in [9.17, 15) is 9.18 Å². The zero-order chi connectivity index (χ0) is 13.1. The van der Waals surface area contributed by atoms with Gasteiger partial charge in [-0.05, 0) is 31.2 Å². The standard InChI is InChI=1S/C12H11FN4O/c1-7-15-6-10(11(14)16-7)12(18)17-9-4-2-8(13)3-5-9/h2-6H,1H3,(H,17,18)(H2,14,15,16). The highest BCUT2D eigenvalue weighted by Crippen LogP contribution is 2.13. The molecule has 0 saturated carbocycles. The SMILES string of the molecule is Cc1ncc(C(=O)Nc2ccc(F)cc2)c(N)n1. The number of halogens is 1. The van der Waals surface area contributed by atoms with Crippen molar-refractivity contribution >= 4 is 17.4 Å². The number of nitrogens with one attached hydrogen (secondary N) is 1. The maximum Gasteiger partial charge on any atom is 0.260 e. The molecule has 0 saturated heterocycles.